The standard InChI is InChI=1S/C17H22N2O/c1-4-13(2)16-7-5-6-8-17(16)20-12-15-11-14(18-3)9-10-19-15/h5-11,13H,4,12H2,1-3H3,(H,18,19). The Morgan fingerprint density at radius 3 is 2.80 bits per heavy atom. The number of para-hydroxylation sites is 1. The molecule has 2 rings (SSSR count). The lowest BCUT2D eigenvalue weighted by atomic mass is 9.98. The molecule has 0 saturated carbocycles. The van der Waals surface area contributed by atoms with Gasteiger partial charge in [0.2, 0.25) is 0 Å². The fourth-order valence-corrected chi connectivity index (χ4v) is 2.10. The van der Waals surface area contributed by atoms with Gasteiger partial charge in [-0.05, 0) is 36.1 Å². The van der Waals surface area contributed by atoms with E-state index in [9.17, 15) is 0 Å². The fourth-order valence-electron chi connectivity index (χ4n) is 2.10. The smallest absolute Gasteiger partial charge is 0.130 e. The molecule has 0 saturated heterocycles. The molecule has 1 N–H and O–H groups in total. The Balaban J connectivity index is 2.10. The van der Waals surface area contributed by atoms with Crippen molar-refractivity contribution < 1.29 is 4.74 Å². The van der Waals surface area contributed by atoms with Crippen molar-refractivity contribution in [1.82, 2.24) is 4.98 Å². The number of nitrogens with one attached hydrogen (secondary N) is 1. The maximum absolute atomic E-state index is 5.96. The molecular formula is C17H22N2O. The van der Waals surface area contributed by atoms with E-state index in [4.69, 9.17) is 4.74 Å². The number of anilines is 1. The highest BCUT2D eigenvalue weighted by Crippen LogP contribution is 2.28. The SMILES string of the molecule is CCC(C)c1ccccc1OCc1cc(NC)ccn1. The van der Waals surface area contributed by atoms with E-state index in [0.717, 1.165) is 23.6 Å². The van der Waals surface area contributed by atoms with Gasteiger partial charge in [0.05, 0.1) is 5.69 Å². The van der Waals surface area contributed by atoms with Crippen LogP contribution < -0.4 is 10.1 Å². The molecule has 106 valence electrons. The Bertz CT molecular complexity index is 554. The van der Waals surface area contributed by atoms with E-state index < -0.39 is 0 Å². The molecule has 0 amide bonds. The summed E-state index contributed by atoms with van der Waals surface area (Å²) in [6.45, 7) is 4.91. The molecule has 0 bridgehead atoms. The summed E-state index contributed by atoms with van der Waals surface area (Å²) in [5.41, 5.74) is 3.24. The molecule has 1 unspecified atom stereocenters. The molecule has 1 heterocycles. The Labute approximate surface area is 121 Å². The van der Waals surface area contributed by atoms with E-state index in [-0.39, 0.29) is 0 Å². The van der Waals surface area contributed by atoms with Gasteiger partial charge in [0, 0.05) is 18.9 Å². The average Bonchev–Trinajstić information content (AvgIpc) is 2.52. The minimum atomic E-state index is 0.489. The lowest BCUT2D eigenvalue weighted by Crippen LogP contribution is -2.02. The first-order valence-electron chi connectivity index (χ1n) is 7.09. The Morgan fingerprint density at radius 2 is 2.05 bits per heavy atom. The van der Waals surface area contributed by atoms with E-state index in [1.807, 2.05) is 31.3 Å². The zero-order valence-electron chi connectivity index (χ0n) is 12.4. The van der Waals surface area contributed by atoms with Crippen molar-refractivity contribution in [3.8, 4) is 5.75 Å². The molecule has 0 radical (unpaired) electrons. The van der Waals surface area contributed by atoms with Gasteiger partial charge in [0.15, 0.2) is 0 Å². The molecule has 1 aromatic carbocycles. The maximum atomic E-state index is 5.96. The number of aromatic nitrogens is 1. The van der Waals surface area contributed by atoms with Crippen LogP contribution >= 0.6 is 0 Å². The van der Waals surface area contributed by atoms with Gasteiger partial charge in [0.1, 0.15) is 12.4 Å². The molecular weight excluding hydrogens is 248 g/mol. The number of nitrogens with zero attached hydrogens (tertiary/aromatic N) is 1. The molecule has 3 heteroatoms. The van der Waals surface area contributed by atoms with Gasteiger partial charge in [-0.25, -0.2) is 0 Å². The van der Waals surface area contributed by atoms with Gasteiger partial charge < -0.3 is 10.1 Å². The number of hydrogen-bond donors (Lipinski definition) is 1. The van der Waals surface area contributed by atoms with Crippen LogP contribution in [0.4, 0.5) is 5.69 Å². The number of hydrogen-bond acceptors (Lipinski definition) is 3. The monoisotopic (exact) mass is 270 g/mol. The fraction of sp³-hybridized carbons (Fsp3) is 0.353. The van der Waals surface area contributed by atoms with E-state index in [1.165, 1.54) is 5.56 Å². The minimum Gasteiger partial charge on any atom is -0.487 e. The van der Waals surface area contributed by atoms with Gasteiger partial charge in [-0.3, -0.25) is 4.98 Å². The van der Waals surface area contributed by atoms with E-state index in [0.29, 0.717) is 12.5 Å². The summed E-state index contributed by atoms with van der Waals surface area (Å²) in [7, 11) is 1.90. The first-order chi connectivity index (χ1) is 9.74. The van der Waals surface area contributed by atoms with E-state index >= 15 is 0 Å². The second-order valence-electron chi connectivity index (χ2n) is 4.92. The lowest BCUT2D eigenvalue weighted by Gasteiger charge is -2.15. The Kier molecular flexibility index (Phi) is 4.99. The van der Waals surface area contributed by atoms with Gasteiger partial charge in [-0.15, -0.1) is 0 Å². The van der Waals surface area contributed by atoms with Crippen molar-refractivity contribution in [2.75, 3.05) is 12.4 Å². The molecule has 0 fully saturated rings. The largest absolute Gasteiger partial charge is 0.487 e. The molecule has 0 aliphatic heterocycles. The van der Waals surface area contributed by atoms with Crippen LogP contribution in [-0.4, -0.2) is 12.0 Å². The molecule has 0 spiro atoms. The van der Waals surface area contributed by atoms with Gasteiger partial charge in [-0.2, -0.15) is 0 Å². The van der Waals surface area contributed by atoms with Crippen molar-refractivity contribution in [1.29, 1.82) is 0 Å². The van der Waals surface area contributed by atoms with Crippen LogP contribution in [0.2, 0.25) is 0 Å². The Hall–Kier alpha value is -2.03. The van der Waals surface area contributed by atoms with Crippen molar-refractivity contribution in [3.63, 3.8) is 0 Å². The molecule has 1 atom stereocenters. The molecule has 20 heavy (non-hydrogen) atoms. The highest BCUT2D eigenvalue weighted by atomic mass is 16.5. The normalized spacial score (nSPS) is 11.9. The minimum absolute atomic E-state index is 0.489. The molecule has 3 nitrogen and oxygen atoms in total. The molecule has 2 aromatic rings. The molecule has 1 aromatic heterocycles. The summed E-state index contributed by atoms with van der Waals surface area (Å²) >= 11 is 0. The summed E-state index contributed by atoms with van der Waals surface area (Å²) in [4.78, 5) is 4.33. The van der Waals surface area contributed by atoms with Crippen molar-refractivity contribution in [3.05, 3.63) is 53.9 Å². The van der Waals surface area contributed by atoms with E-state index in [1.54, 1.807) is 6.20 Å². The van der Waals surface area contributed by atoms with Gasteiger partial charge >= 0.3 is 0 Å². The quantitative estimate of drug-likeness (QED) is 0.853. The summed E-state index contributed by atoms with van der Waals surface area (Å²) < 4.78 is 5.96. The van der Waals surface area contributed by atoms with Crippen molar-refractivity contribution in [2.45, 2.75) is 32.8 Å². The maximum Gasteiger partial charge on any atom is 0.130 e. The molecule has 0 aliphatic carbocycles. The Morgan fingerprint density at radius 1 is 1.25 bits per heavy atom. The van der Waals surface area contributed by atoms with Crippen LogP contribution in [-0.2, 0) is 6.61 Å². The summed E-state index contributed by atoms with van der Waals surface area (Å²) in [5.74, 6) is 1.46. The van der Waals surface area contributed by atoms with Crippen LogP contribution in [0.5, 0.6) is 5.75 Å². The zero-order valence-corrected chi connectivity index (χ0v) is 12.4. The average molecular weight is 270 g/mol. The first kappa shape index (κ1) is 14.4. The zero-order chi connectivity index (χ0) is 14.4. The van der Waals surface area contributed by atoms with Crippen LogP contribution in [0.15, 0.2) is 42.6 Å². The number of pyridine rings is 1. The third-order valence-corrected chi connectivity index (χ3v) is 3.54. The predicted octanol–water partition coefficient (Wildman–Crippen LogP) is 4.22. The lowest BCUT2D eigenvalue weighted by molar-refractivity contribution is 0.296. The van der Waals surface area contributed by atoms with E-state index in [2.05, 4.69) is 36.3 Å². The summed E-state index contributed by atoms with van der Waals surface area (Å²) in [5, 5.41) is 3.11. The number of benzene rings is 1. The van der Waals surface area contributed by atoms with Crippen LogP contribution in [0.25, 0.3) is 0 Å². The third kappa shape index (κ3) is 3.50. The van der Waals surface area contributed by atoms with Gasteiger partial charge in [0.25, 0.3) is 0 Å². The number of rotatable bonds is 6. The molecule has 0 aliphatic rings. The third-order valence-electron chi connectivity index (χ3n) is 3.54. The van der Waals surface area contributed by atoms with Crippen LogP contribution in [0.1, 0.15) is 37.4 Å². The number of ether oxygens (including phenoxy) is 1. The summed E-state index contributed by atoms with van der Waals surface area (Å²) in [6, 6.07) is 12.2. The highest BCUT2D eigenvalue weighted by molar-refractivity contribution is 5.42. The van der Waals surface area contributed by atoms with Crippen LogP contribution in [0, 0.1) is 0 Å². The first-order valence-corrected chi connectivity index (χ1v) is 7.09. The second-order valence-corrected chi connectivity index (χ2v) is 4.92. The van der Waals surface area contributed by atoms with Gasteiger partial charge in [-0.1, -0.05) is 32.0 Å². The predicted molar refractivity (Wildman–Crippen MR) is 83.3 cm³/mol. The highest BCUT2D eigenvalue weighted by Gasteiger charge is 2.09. The van der Waals surface area contributed by atoms with Crippen LogP contribution in [0.3, 0.4) is 0 Å². The summed E-state index contributed by atoms with van der Waals surface area (Å²) in [6.07, 6.45) is 2.90. The topological polar surface area (TPSA) is 34.1 Å². The second kappa shape index (κ2) is 6.94. The van der Waals surface area contributed by atoms with Crippen molar-refractivity contribution >= 4 is 5.69 Å². The van der Waals surface area contributed by atoms with Crippen molar-refractivity contribution in [2.24, 2.45) is 0 Å².